The first-order valence-electron chi connectivity index (χ1n) is 7.20. The van der Waals surface area contributed by atoms with Crippen LogP contribution in [0.5, 0.6) is 5.75 Å². The summed E-state index contributed by atoms with van der Waals surface area (Å²) in [6.45, 7) is 5.91. The van der Waals surface area contributed by atoms with Crippen molar-refractivity contribution >= 4 is 17.3 Å². The van der Waals surface area contributed by atoms with Crippen LogP contribution in [0.4, 0.5) is 5.69 Å². The third-order valence-corrected chi connectivity index (χ3v) is 3.33. The van der Waals surface area contributed by atoms with E-state index in [1.165, 1.54) is 5.56 Å². The normalized spacial score (nSPS) is 10.7. The zero-order chi connectivity index (χ0) is 15.1. The van der Waals surface area contributed by atoms with Crippen molar-refractivity contribution in [3.8, 4) is 5.75 Å². The highest BCUT2D eigenvalue weighted by molar-refractivity contribution is 6.29. The van der Waals surface area contributed by atoms with Crippen molar-refractivity contribution in [3.63, 3.8) is 0 Å². The SMILES string of the molecule is CC(C)CCOc1ccc(CNc2ccc(Cl)nc2)cc1. The van der Waals surface area contributed by atoms with Crippen molar-refractivity contribution in [3.05, 3.63) is 53.3 Å². The van der Waals surface area contributed by atoms with E-state index in [4.69, 9.17) is 16.3 Å². The van der Waals surface area contributed by atoms with Gasteiger partial charge < -0.3 is 10.1 Å². The Morgan fingerprint density at radius 2 is 1.90 bits per heavy atom. The maximum absolute atomic E-state index is 5.75. The summed E-state index contributed by atoms with van der Waals surface area (Å²) in [6, 6.07) is 11.9. The number of nitrogens with one attached hydrogen (secondary N) is 1. The number of ether oxygens (including phenoxy) is 1. The van der Waals surface area contributed by atoms with Gasteiger partial charge in [-0.05, 0) is 42.2 Å². The van der Waals surface area contributed by atoms with Crippen LogP contribution >= 0.6 is 11.6 Å². The third kappa shape index (κ3) is 5.64. The predicted molar refractivity (Wildman–Crippen MR) is 88.0 cm³/mol. The van der Waals surface area contributed by atoms with Gasteiger partial charge in [0.25, 0.3) is 0 Å². The van der Waals surface area contributed by atoms with Crippen LogP contribution in [-0.4, -0.2) is 11.6 Å². The van der Waals surface area contributed by atoms with Crippen molar-refractivity contribution in [2.24, 2.45) is 5.92 Å². The molecule has 2 aromatic rings. The highest BCUT2D eigenvalue weighted by Gasteiger charge is 1.99. The van der Waals surface area contributed by atoms with Gasteiger partial charge in [-0.15, -0.1) is 0 Å². The fourth-order valence-corrected chi connectivity index (χ4v) is 1.91. The smallest absolute Gasteiger partial charge is 0.129 e. The van der Waals surface area contributed by atoms with Gasteiger partial charge in [-0.2, -0.15) is 0 Å². The average Bonchev–Trinajstić information content (AvgIpc) is 2.48. The number of pyridine rings is 1. The van der Waals surface area contributed by atoms with Gasteiger partial charge in [0.15, 0.2) is 0 Å². The van der Waals surface area contributed by atoms with Crippen molar-refractivity contribution in [2.75, 3.05) is 11.9 Å². The van der Waals surface area contributed by atoms with Crippen LogP contribution in [-0.2, 0) is 6.54 Å². The van der Waals surface area contributed by atoms with Gasteiger partial charge in [0, 0.05) is 6.54 Å². The number of hydrogen-bond donors (Lipinski definition) is 1. The van der Waals surface area contributed by atoms with Gasteiger partial charge >= 0.3 is 0 Å². The van der Waals surface area contributed by atoms with E-state index < -0.39 is 0 Å². The van der Waals surface area contributed by atoms with Crippen LogP contribution in [0.25, 0.3) is 0 Å². The lowest BCUT2D eigenvalue weighted by Crippen LogP contribution is -2.02. The molecule has 1 aromatic heterocycles. The molecule has 3 nitrogen and oxygen atoms in total. The molecule has 0 spiro atoms. The molecule has 1 N–H and O–H groups in total. The topological polar surface area (TPSA) is 34.1 Å². The Morgan fingerprint density at radius 3 is 2.52 bits per heavy atom. The van der Waals surface area contributed by atoms with Crippen LogP contribution < -0.4 is 10.1 Å². The van der Waals surface area contributed by atoms with E-state index in [9.17, 15) is 0 Å². The number of benzene rings is 1. The van der Waals surface area contributed by atoms with Crippen LogP contribution in [0.15, 0.2) is 42.6 Å². The summed E-state index contributed by atoms with van der Waals surface area (Å²) < 4.78 is 5.70. The molecule has 0 bridgehead atoms. The van der Waals surface area contributed by atoms with Crippen LogP contribution in [0, 0.1) is 5.92 Å². The lowest BCUT2D eigenvalue weighted by atomic mass is 10.1. The molecule has 0 aliphatic carbocycles. The highest BCUT2D eigenvalue weighted by Crippen LogP contribution is 2.15. The van der Waals surface area contributed by atoms with E-state index in [-0.39, 0.29) is 0 Å². The second kappa shape index (κ2) is 7.89. The predicted octanol–water partition coefficient (Wildman–Crippen LogP) is 4.77. The lowest BCUT2D eigenvalue weighted by Gasteiger charge is -2.09. The van der Waals surface area contributed by atoms with Crippen LogP contribution in [0.1, 0.15) is 25.8 Å². The molecule has 0 aliphatic rings. The van der Waals surface area contributed by atoms with Gasteiger partial charge in [0.1, 0.15) is 10.9 Å². The molecule has 1 heterocycles. The Hall–Kier alpha value is -1.74. The molecule has 0 fully saturated rings. The number of anilines is 1. The molecular formula is C17H21ClN2O. The van der Waals surface area contributed by atoms with E-state index in [1.807, 2.05) is 18.2 Å². The van der Waals surface area contributed by atoms with E-state index in [0.29, 0.717) is 11.1 Å². The largest absolute Gasteiger partial charge is 0.494 e. The van der Waals surface area contributed by atoms with Crippen LogP contribution in [0.2, 0.25) is 5.15 Å². The maximum Gasteiger partial charge on any atom is 0.129 e. The van der Waals surface area contributed by atoms with Crippen molar-refractivity contribution in [2.45, 2.75) is 26.8 Å². The number of hydrogen-bond acceptors (Lipinski definition) is 3. The monoisotopic (exact) mass is 304 g/mol. The number of nitrogens with zero attached hydrogens (tertiary/aromatic N) is 1. The molecule has 0 saturated carbocycles. The zero-order valence-corrected chi connectivity index (χ0v) is 13.2. The summed E-state index contributed by atoms with van der Waals surface area (Å²) >= 11 is 5.75. The molecule has 0 atom stereocenters. The molecule has 1 aromatic carbocycles. The van der Waals surface area contributed by atoms with Gasteiger partial charge in [0.2, 0.25) is 0 Å². The first kappa shape index (κ1) is 15.6. The summed E-state index contributed by atoms with van der Waals surface area (Å²) in [7, 11) is 0. The van der Waals surface area contributed by atoms with Gasteiger partial charge in [-0.3, -0.25) is 0 Å². The Kier molecular flexibility index (Phi) is 5.88. The Morgan fingerprint density at radius 1 is 1.14 bits per heavy atom. The molecular weight excluding hydrogens is 284 g/mol. The Labute approximate surface area is 131 Å². The van der Waals surface area contributed by atoms with Gasteiger partial charge in [-0.1, -0.05) is 37.6 Å². The molecule has 21 heavy (non-hydrogen) atoms. The average molecular weight is 305 g/mol. The van der Waals surface area contributed by atoms with E-state index >= 15 is 0 Å². The molecule has 2 rings (SSSR count). The Bertz CT molecular complexity index is 538. The molecule has 0 amide bonds. The summed E-state index contributed by atoms with van der Waals surface area (Å²) in [5.41, 5.74) is 2.15. The van der Waals surface area contributed by atoms with Crippen molar-refractivity contribution in [1.29, 1.82) is 0 Å². The number of aromatic nitrogens is 1. The minimum atomic E-state index is 0.503. The molecule has 4 heteroatoms. The number of rotatable bonds is 7. The van der Waals surface area contributed by atoms with Crippen LogP contribution in [0.3, 0.4) is 0 Å². The van der Waals surface area contributed by atoms with E-state index in [2.05, 4.69) is 36.3 Å². The fraction of sp³-hybridized carbons (Fsp3) is 0.353. The molecule has 0 unspecified atom stereocenters. The minimum Gasteiger partial charge on any atom is -0.494 e. The van der Waals surface area contributed by atoms with Gasteiger partial charge in [0.05, 0.1) is 18.5 Å². The lowest BCUT2D eigenvalue weighted by molar-refractivity contribution is 0.289. The molecule has 112 valence electrons. The Balaban J connectivity index is 1.80. The van der Waals surface area contributed by atoms with E-state index in [1.54, 1.807) is 12.3 Å². The quantitative estimate of drug-likeness (QED) is 0.748. The van der Waals surface area contributed by atoms with Crippen molar-refractivity contribution in [1.82, 2.24) is 4.98 Å². The molecule has 0 radical (unpaired) electrons. The second-order valence-corrected chi connectivity index (χ2v) is 5.79. The molecule has 0 saturated heterocycles. The third-order valence-electron chi connectivity index (χ3n) is 3.11. The van der Waals surface area contributed by atoms with Crippen molar-refractivity contribution < 1.29 is 4.74 Å². The zero-order valence-electron chi connectivity index (χ0n) is 12.5. The minimum absolute atomic E-state index is 0.503. The first-order valence-corrected chi connectivity index (χ1v) is 7.58. The first-order chi connectivity index (χ1) is 10.1. The summed E-state index contributed by atoms with van der Waals surface area (Å²) in [4.78, 5) is 4.04. The highest BCUT2D eigenvalue weighted by atomic mass is 35.5. The summed E-state index contributed by atoms with van der Waals surface area (Å²) in [6.07, 6.45) is 2.80. The second-order valence-electron chi connectivity index (χ2n) is 5.40. The van der Waals surface area contributed by atoms with E-state index in [0.717, 1.165) is 31.0 Å². The van der Waals surface area contributed by atoms with Gasteiger partial charge in [-0.25, -0.2) is 4.98 Å². The molecule has 0 aliphatic heterocycles. The summed E-state index contributed by atoms with van der Waals surface area (Å²) in [5.74, 6) is 1.59. The fourth-order valence-electron chi connectivity index (χ4n) is 1.80. The summed E-state index contributed by atoms with van der Waals surface area (Å²) in [5, 5.41) is 3.81. The number of halogens is 1. The standard InChI is InChI=1S/C17H21ClN2O/c1-13(2)9-10-21-16-6-3-14(4-7-16)11-19-15-5-8-17(18)20-12-15/h3-8,12-13,19H,9-11H2,1-2H3. The maximum atomic E-state index is 5.75.